The number of hydrogen-bond acceptors (Lipinski definition) is 3. The summed E-state index contributed by atoms with van der Waals surface area (Å²) in [6.45, 7) is 8.21. The molecule has 0 bridgehead atoms. The Morgan fingerprint density at radius 3 is 2.36 bits per heavy atom. The van der Waals surface area contributed by atoms with Crippen molar-refractivity contribution >= 4 is 0 Å². The first kappa shape index (κ1) is 18.0. The fraction of sp³-hybridized carbons (Fsp3) is 0.545. The molecular formula is C22H28O3. The molecule has 25 heavy (non-hydrogen) atoms. The summed E-state index contributed by atoms with van der Waals surface area (Å²) < 4.78 is 0. The third-order valence-electron chi connectivity index (χ3n) is 6.33. The Kier molecular flexibility index (Phi) is 4.26. The summed E-state index contributed by atoms with van der Waals surface area (Å²) in [5, 5.41) is 31.8. The van der Waals surface area contributed by atoms with E-state index in [9.17, 15) is 15.3 Å². The lowest BCUT2D eigenvalue weighted by Gasteiger charge is -2.45. The van der Waals surface area contributed by atoms with Crippen molar-refractivity contribution in [2.24, 2.45) is 29.1 Å². The molecular weight excluding hydrogens is 312 g/mol. The van der Waals surface area contributed by atoms with Crippen molar-refractivity contribution in [3.8, 4) is 18.1 Å². The topological polar surface area (TPSA) is 60.7 Å². The first-order valence-corrected chi connectivity index (χ1v) is 8.92. The molecule has 3 rings (SSSR count). The number of phenols is 1. The van der Waals surface area contributed by atoms with Crippen LogP contribution < -0.4 is 0 Å². The van der Waals surface area contributed by atoms with E-state index in [4.69, 9.17) is 6.42 Å². The normalized spacial score (nSPS) is 37.7. The summed E-state index contributed by atoms with van der Waals surface area (Å²) >= 11 is 0. The van der Waals surface area contributed by atoms with Gasteiger partial charge in [-0.05, 0) is 49.3 Å². The minimum atomic E-state index is -0.804. The number of hydrogen-bond donors (Lipinski definition) is 3. The molecule has 1 fully saturated rings. The molecule has 0 saturated heterocycles. The van der Waals surface area contributed by atoms with E-state index < -0.39 is 11.7 Å². The smallest absolute Gasteiger partial charge is 0.115 e. The highest BCUT2D eigenvalue weighted by molar-refractivity contribution is 5.33. The first-order chi connectivity index (χ1) is 11.6. The van der Waals surface area contributed by atoms with Crippen LogP contribution in [0.5, 0.6) is 5.75 Å². The van der Waals surface area contributed by atoms with Crippen molar-refractivity contribution in [1.29, 1.82) is 0 Å². The SMILES string of the molecule is C#C[C@H]1C(C)=C[C@@H]2[C@@H]([C@H]1[C@@H](O)c1ccc(O)cc1)C(C)(C)C[C@@]2(C)O. The molecule has 0 aliphatic heterocycles. The van der Waals surface area contributed by atoms with Gasteiger partial charge >= 0.3 is 0 Å². The lowest BCUT2D eigenvalue weighted by molar-refractivity contribution is -0.0172. The van der Waals surface area contributed by atoms with E-state index in [1.807, 2.05) is 13.8 Å². The van der Waals surface area contributed by atoms with Gasteiger partial charge in [-0.2, -0.15) is 0 Å². The fourth-order valence-corrected chi connectivity index (χ4v) is 5.49. The Morgan fingerprint density at radius 1 is 1.20 bits per heavy atom. The highest BCUT2D eigenvalue weighted by Crippen LogP contribution is 2.61. The molecule has 1 saturated carbocycles. The van der Waals surface area contributed by atoms with Gasteiger partial charge in [0.1, 0.15) is 5.75 Å². The number of allylic oxidation sites excluding steroid dienone is 1. The Hall–Kier alpha value is -1.76. The van der Waals surface area contributed by atoms with Crippen molar-refractivity contribution in [3.63, 3.8) is 0 Å². The fourth-order valence-electron chi connectivity index (χ4n) is 5.49. The summed E-state index contributed by atoms with van der Waals surface area (Å²) in [5.41, 5.74) is 0.855. The van der Waals surface area contributed by atoms with Gasteiger partial charge in [0.2, 0.25) is 0 Å². The third-order valence-corrected chi connectivity index (χ3v) is 6.33. The van der Waals surface area contributed by atoms with Gasteiger partial charge in [-0.3, -0.25) is 0 Å². The molecule has 134 valence electrons. The van der Waals surface area contributed by atoms with Crippen LogP contribution in [0, 0.1) is 41.4 Å². The molecule has 3 heteroatoms. The van der Waals surface area contributed by atoms with E-state index in [0.717, 1.165) is 11.1 Å². The largest absolute Gasteiger partial charge is 0.508 e. The molecule has 0 spiro atoms. The van der Waals surface area contributed by atoms with Crippen LogP contribution in [0.2, 0.25) is 0 Å². The lowest BCUT2D eigenvalue weighted by atomic mass is 9.59. The zero-order valence-electron chi connectivity index (χ0n) is 15.4. The van der Waals surface area contributed by atoms with Crippen LogP contribution in [0.3, 0.4) is 0 Å². The van der Waals surface area contributed by atoms with Crippen molar-refractivity contribution in [2.45, 2.75) is 45.8 Å². The molecule has 2 aliphatic carbocycles. The minimum absolute atomic E-state index is 0.0242. The van der Waals surface area contributed by atoms with Crippen LogP contribution in [-0.4, -0.2) is 20.9 Å². The average molecular weight is 340 g/mol. The first-order valence-electron chi connectivity index (χ1n) is 8.92. The maximum atomic E-state index is 11.2. The molecule has 0 amide bonds. The Morgan fingerprint density at radius 2 is 1.80 bits per heavy atom. The Labute approximate surface area is 150 Å². The predicted octanol–water partition coefficient (Wildman–Crippen LogP) is 3.66. The van der Waals surface area contributed by atoms with Gasteiger partial charge in [-0.1, -0.05) is 43.5 Å². The second-order valence-corrected chi connectivity index (χ2v) is 8.74. The van der Waals surface area contributed by atoms with Gasteiger partial charge in [0, 0.05) is 17.8 Å². The van der Waals surface area contributed by atoms with Gasteiger partial charge in [0.05, 0.1) is 11.7 Å². The molecule has 3 N–H and O–H groups in total. The van der Waals surface area contributed by atoms with E-state index in [1.54, 1.807) is 24.3 Å². The second-order valence-electron chi connectivity index (χ2n) is 8.74. The van der Waals surface area contributed by atoms with E-state index >= 15 is 0 Å². The maximum absolute atomic E-state index is 11.2. The maximum Gasteiger partial charge on any atom is 0.115 e. The number of aliphatic hydroxyl groups is 2. The number of phenolic OH excluding ortho intramolecular Hbond substituents is 1. The standard InChI is InChI=1S/C22H28O3/c1-6-16-13(2)11-17-19(21(3,4)12-22(17,5)25)18(16)20(24)14-7-9-15(23)10-8-14/h1,7-11,16-20,23-25H,12H2,2-5H3/t16-,17+,18-,19-,20-,22+/m0/s1. The predicted molar refractivity (Wildman–Crippen MR) is 98.6 cm³/mol. The summed E-state index contributed by atoms with van der Waals surface area (Å²) in [5.74, 6) is 2.77. The summed E-state index contributed by atoms with van der Waals surface area (Å²) in [7, 11) is 0. The van der Waals surface area contributed by atoms with Crippen LogP contribution in [0.25, 0.3) is 0 Å². The zero-order chi connectivity index (χ0) is 18.6. The minimum Gasteiger partial charge on any atom is -0.508 e. The Balaban J connectivity index is 2.10. The van der Waals surface area contributed by atoms with Crippen LogP contribution >= 0.6 is 0 Å². The number of terminal acetylenes is 1. The van der Waals surface area contributed by atoms with Gasteiger partial charge in [0.15, 0.2) is 0 Å². The van der Waals surface area contributed by atoms with Gasteiger partial charge < -0.3 is 15.3 Å². The highest BCUT2D eigenvalue weighted by Gasteiger charge is 2.59. The van der Waals surface area contributed by atoms with Crippen molar-refractivity contribution < 1.29 is 15.3 Å². The van der Waals surface area contributed by atoms with E-state index in [0.29, 0.717) is 6.42 Å². The summed E-state index contributed by atoms with van der Waals surface area (Å²) in [6, 6.07) is 6.66. The average Bonchev–Trinajstić information content (AvgIpc) is 2.70. The molecule has 0 aromatic heterocycles. The number of aliphatic hydroxyl groups excluding tert-OH is 1. The van der Waals surface area contributed by atoms with E-state index in [-0.39, 0.29) is 34.8 Å². The number of aromatic hydroxyl groups is 1. The monoisotopic (exact) mass is 340 g/mol. The number of rotatable bonds is 2. The van der Waals surface area contributed by atoms with E-state index in [1.165, 1.54) is 0 Å². The van der Waals surface area contributed by atoms with Gasteiger partial charge in [-0.15, -0.1) is 6.42 Å². The van der Waals surface area contributed by atoms with Gasteiger partial charge in [-0.25, -0.2) is 0 Å². The molecule has 3 nitrogen and oxygen atoms in total. The van der Waals surface area contributed by atoms with Crippen molar-refractivity contribution in [2.75, 3.05) is 0 Å². The second kappa shape index (κ2) is 5.90. The molecule has 2 aliphatic rings. The highest BCUT2D eigenvalue weighted by atomic mass is 16.3. The van der Waals surface area contributed by atoms with Crippen molar-refractivity contribution in [1.82, 2.24) is 0 Å². The quantitative estimate of drug-likeness (QED) is 0.569. The third kappa shape index (κ3) is 2.88. The summed E-state index contributed by atoms with van der Waals surface area (Å²) in [6.07, 6.45) is 7.92. The van der Waals surface area contributed by atoms with Crippen LogP contribution in [0.4, 0.5) is 0 Å². The van der Waals surface area contributed by atoms with Crippen LogP contribution in [0.1, 0.15) is 45.8 Å². The molecule has 0 radical (unpaired) electrons. The lowest BCUT2D eigenvalue weighted by Crippen LogP contribution is -2.43. The van der Waals surface area contributed by atoms with E-state index in [2.05, 4.69) is 25.8 Å². The van der Waals surface area contributed by atoms with Crippen LogP contribution in [-0.2, 0) is 0 Å². The molecule has 0 heterocycles. The zero-order valence-corrected chi connectivity index (χ0v) is 15.4. The number of benzene rings is 1. The molecule has 6 atom stereocenters. The Bertz CT molecular complexity index is 721. The number of fused-ring (bicyclic) bond motifs is 1. The van der Waals surface area contributed by atoms with Crippen LogP contribution in [0.15, 0.2) is 35.9 Å². The van der Waals surface area contributed by atoms with Gasteiger partial charge in [0.25, 0.3) is 0 Å². The molecule has 0 unspecified atom stereocenters. The van der Waals surface area contributed by atoms with Crippen molar-refractivity contribution in [3.05, 3.63) is 41.5 Å². The summed E-state index contributed by atoms with van der Waals surface area (Å²) in [4.78, 5) is 0. The molecule has 1 aromatic rings. The molecule has 1 aromatic carbocycles.